The summed E-state index contributed by atoms with van der Waals surface area (Å²) in [5.41, 5.74) is 4.16. The lowest BCUT2D eigenvalue weighted by Gasteiger charge is -2.18. The van der Waals surface area contributed by atoms with Crippen LogP contribution in [0.2, 0.25) is 0 Å². The number of nitrogens with zero attached hydrogens (tertiary/aromatic N) is 1. The minimum atomic E-state index is -0.483. The van der Waals surface area contributed by atoms with Gasteiger partial charge in [0.1, 0.15) is 11.3 Å². The molecule has 5 heteroatoms. The van der Waals surface area contributed by atoms with E-state index in [1.165, 1.54) is 7.11 Å². The van der Waals surface area contributed by atoms with Gasteiger partial charge in [0.15, 0.2) is 0 Å². The Labute approximate surface area is 161 Å². The van der Waals surface area contributed by atoms with Crippen molar-refractivity contribution in [1.82, 2.24) is 4.98 Å². The van der Waals surface area contributed by atoms with Gasteiger partial charge < -0.3 is 14.2 Å². The van der Waals surface area contributed by atoms with Crippen molar-refractivity contribution in [3.63, 3.8) is 0 Å². The van der Waals surface area contributed by atoms with Gasteiger partial charge >= 0.3 is 5.97 Å². The highest BCUT2D eigenvalue weighted by Gasteiger charge is 2.22. The molecule has 0 fully saturated rings. The van der Waals surface area contributed by atoms with E-state index in [2.05, 4.69) is 18.8 Å². The van der Waals surface area contributed by atoms with Crippen LogP contribution in [0.25, 0.3) is 0 Å². The van der Waals surface area contributed by atoms with Gasteiger partial charge in [0, 0.05) is 6.20 Å². The standard InChI is InChI=1S/C22H29NO4/c1-7-18(8-2)26-13-17-9-10-23-21(19(17)22(24)25-6)27-20-15(4)11-14(3)12-16(20)5/h9-12,18H,7-8,13H2,1-6H3. The monoisotopic (exact) mass is 371 g/mol. The van der Waals surface area contributed by atoms with Crippen molar-refractivity contribution in [3.05, 3.63) is 52.2 Å². The molecule has 0 aliphatic carbocycles. The number of carbonyl (C=O) groups excluding carboxylic acids is 1. The fraction of sp³-hybridized carbons (Fsp3) is 0.455. The lowest BCUT2D eigenvalue weighted by Crippen LogP contribution is -2.14. The predicted molar refractivity (Wildman–Crippen MR) is 105 cm³/mol. The number of aryl methyl sites for hydroxylation is 3. The Morgan fingerprint density at radius 3 is 2.30 bits per heavy atom. The molecule has 0 saturated carbocycles. The molecule has 0 aliphatic rings. The molecule has 2 rings (SSSR count). The van der Waals surface area contributed by atoms with Crippen LogP contribution in [0, 0.1) is 20.8 Å². The number of esters is 1. The van der Waals surface area contributed by atoms with E-state index >= 15 is 0 Å². The first-order valence-electron chi connectivity index (χ1n) is 9.34. The van der Waals surface area contributed by atoms with Gasteiger partial charge in [-0.15, -0.1) is 0 Å². The van der Waals surface area contributed by atoms with Crippen LogP contribution in [0.15, 0.2) is 24.4 Å². The predicted octanol–water partition coefficient (Wildman–Crippen LogP) is 5.29. The number of pyridine rings is 1. The molecule has 0 atom stereocenters. The molecule has 2 aromatic rings. The topological polar surface area (TPSA) is 57.7 Å². The highest BCUT2D eigenvalue weighted by Crippen LogP contribution is 2.32. The molecule has 146 valence electrons. The highest BCUT2D eigenvalue weighted by molar-refractivity contribution is 5.93. The Bertz CT molecular complexity index is 774. The Balaban J connectivity index is 2.42. The number of aromatic nitrogens is 1. The molecule has 0 radical (unpaired) electrons. The van der Waals surface area contributed by atoms with Crippen LogP contribution in [-0.2, 0) is 16.1 Å². The normalized spacial score (nSPS) is 10.9. The van der Waals surface area contributed by atoms with Gasteiger partial charge in [-0.05, 0) is 56.4 Å². The van der Waals surface area contributed by atoms with Crippen molar-refractivity contribution in [3.8, 4) is 11.6 Å². The number of benzene rings is 1. The number of methoxy groups -OCH3 is 1. The second-order valence-corrected chi connectivity index (χ2v) is 6.72. The zero-order chi connectivity index (χ0) is 20.0. The number of hydrogen-bond acceptors (Lipinski definition) is 5. The van der Waals surface area contributed by atoms with Crippen molar-refractivity contribution in [2.75, 3.05) is 7.11 Å². The van der Waals surface area contributed by atoms with Crippen LogP contribution in [0.4, 0.5) is 0 Å². The van der Waals surface area contributed by atoms with Crippen LogP contribution >= 0.6 is 0 Å². The molecule has 0 bridgehead atoms. The second kappa shape index (κ2) is 9.51. The quantitative estimate of drug-likeness (QED) is 0.590. The fourth-order valence-corrected chi connectivity index (χ4v) is 3.15. The first kappa shape index (κ1) is 20.9. The number of carbonyl (C=O) groups is 1. The molecular weight excluding hydrogens is 342 g/mol. The summed E-state index contributed by atoms with van der Waals surface area (Å²) in [5, 5.41) is 0. The van der Waals surface area contributed by atoms with E-state index in [0.29, 0.717) is 23.5 Å². The minimum Gasteiger partial charge on any atom is -0.465 e. The smallest absolute Gasteiger partial charge is 0.343 e. The lowest BCUT2D eigenvalue weighted by atomic mass is 10.1. The maximum Gasteiger partial charge on any atom is 0.343 e. The summed E-state index contributed by atoms with van der Waals surface area (Å²) in [4.78, 5) is 16.8. The van der Waals surface area contributed by atoms with Gasteiger partial charge in [0.2, 0.25) is 5.88 Å². The molecule has 1 heterocycles. The molecule has 0 spiro atoms. The van der Waals surface area contributed by atoms with E-state index in [9.17, 15) is 4.79 Å². The molecule has 1 aromatic heterocycles. The largest absolute Gasteiger partial charge is 0.465 e. The first-order chi connectivity index (χ1) is 12.9. The van der Waals surface area contributed by atoms with Crippen LogP contribution in [-0.4, -0.2) is 24.2 Å². The number of rotatable bonds is 8. The molecule has 0 saturated heterocycles. The van der Waals surface area contributed by atoms with Gasteiger partial charge in [-0.2, -0.15) is 0 Å². The zero-order valence-electron chi connectivity index (χ0n) is 17.1. The third-order valence-electron chi connectivity index (χ3n) is 4.58. The Morgan fingerprint density at radius 1 is 1.11 bits per heavy atom. The van der Waals surface area contributed by atoms with Gasteiger partial charge in [0.05, 0.1) is 19.8 Å². The second-order valence-electron chi connectivity index (χ2n) is 6.72. The molecule has 0 aliphatic heterocycles. The van der Waals surface area contributed by atoms with Crippen LogP contribution < -0.4 is 4.74 Å². The summed E-state index contributed by atoms with van der Waals surface area (Å²) in [6.45, 7) is 10.5. The maximum absolute atomic E-state index is 12.5. The van der Waals surface area contributed by atoms with Crippen LogP contribution in [0.1, 0.15) is 59.3 Å². The summed E-state index contributed by atoms with van der Waals surface area (Å²) in [6.07, 6.45) is 3.61. The lowest BCUT2D eigenvalue weighted by molar-refractivity contribution is 0.0340. The van der Waals surface area contributed by atoms with Crippen molar-refractivity contribution < 1.29 is 19.0 Å². The molecular formula is C22H29NO4. The number of ether oxygens (including phenoxy) is 3. The van der Waals surface area contributed by atoms with E-state index in [4.69, 9.17) is 14.2 Å². The highest BCUT2D eigenvalue weighted by atomic mass is 16.5. The van der Waals surface area contributed by atoms with Crippen molar-refractivity contribution in [2.45, 2.75) is 60.2 Å². The fourth-order valence-electron chi connectivity index (χ4n) is 3.15. The van der Waals surface area contributed by atoms with E-state index < -0.39 is 5.97 Å². The van der Waals surface area contributed by atoms with Crippen molar-refractivity contribution >= 4 is 5.97 Å². The number of hydrogen-bond donors (Lipinski definition) is 0. The molecule has 0 unspecified atom stereocenters. The van der Waals surface area contributed by atoms with Gasteiger partial charge in [-0.1, -0.05) is 31.5 Å². The summed E-state index contributed by atoms with van der Waals surface area (Å²) >= 11 is 0. The van der Waals surface area contributed by atoms with Crippen LogP contribution in [0.5, 0.6) is 11.6 Å². The Morgan fingerprint density at radius 2 is 1.74 bits per heavy atom. The molecule has 5 nitrogen and oxygen atoms in total. The average Bonchev–Trinajstić information content (AvgIpc) is 2.64. The van der Waals surface area contributed by atoms with Crippen molar-refractivity contribution in [1.29, 1.82) is 0 Å². The molecule has 0 N–H and O–H groups in total. The van der Waals surface area contributed by atoms with Crippen molar-refractivity contribution in [2.24, 2.45) is 0 Å². The summed E-state index contributed by atoms with van der Waals surface area (Å²) in [7, 11) is 1.35. The van der Waals surface area contributed by atoms with E-state index in [0.717, 1.165) is 29.5 Å². The summed E-state index contributed by atoms with van der Waals surface area (Å²) < 4.78 is 17.0. The third-order valence-corrected chi connectivity index (χ3v) is 4.58. The van der Waals surface area contributed by atoms with Gasteiger partial charge in [-0.25, -0.2) is 9.78 Å². The van der Waals surface area contributed by atoms with Crippen LogP contribution in [0.3, 0.4) is 0 Å². The van der Waals surface area contributed by atoms with E-state index in [1.807, 2.05) is 32.9 Å². The van der Waals surface area contributed by atoms with E-state index in [1.54, 1.807) is 12.3 Å². The van der Waals surface area contributed by atoms with Gasteiger partial charge in [0.25, 0.3) is 0 Å². The first-order valence-corrected chi connectivity index (χ1v) is 9.34. The summed E-state index contributed by atoms with van der Waals surface area (Å²) in [5.74, 6) is 0.461. The van der Waals surface area contributed by atoms with E-state index in [-0.39, 0.29) is 12.0 Å². The Kier molecular flexibility index (Phi) is 7.36. The minimum absolute atomic E-state index is 0.148. The zero-order valence-corrected chi connectivity index (χ0v) is 17.1. The maximum atomic E-state index is 12.5. The Hall–Kier alpha value is -2.40. The third kappa shape index (κ3) is 5.07. The molecule has 0 amide bonds. The molecule has 1 aromatic carbocycles. The summed E-state index contributed by atoms with van der Waals surface area (Å²) in [6, 6.07) is 5.86. The average molecular weight is 371 g/mol. The molecule has 27 heavy (non-hydrogen) atoms. The van der Waals surface area contributed by atoms with Gasteiger partial charge in [-0.3, -0.25) is 0 Å². The SMILES string of the molecule is CCC(CC)OCc1ccnc(Oc2c(C)cc(C)cc2C)c1C(=O)OC.